The van der Waals surface area contributed by atoms with Gasteiger partial charge in [0.1, 0.15) is 4.90 Å². The highest BCUT2D eigenvalue weighted by Gasteiger charge is 2.22. The number of nitrogens with one attached hydrogen (secondary N) is 1. The van der Waals surface area contributed by atoms with Crippen LogP contribution >= 0.6 is 11.6 Å². The standard InChI is InChI=1S/C13H17ClN4O2S/c1-3-6-18-8-12(13(15)16-18)21(19,20)17-11-5-4-9(2)7-10(11)14/h4-5,7-8,17H,3,6H2,1-2H3,(H2,15,16). The summed E-state index contributed by atoms with van der Waals surface area (Å²) in [5.41, 5.74) is 6.94. The number of aromatic nitrogens is 2. The predicted molar refractivity (Wildman–Crippen MR) is 83.9 cm³/mol. The van der Waals surface area contributed by atoms with Crippen LogP contribution in [0.1, 0.15) is 18.9 Å². The molecule has 0 bridgehead atoms. The molecule has 0 atom stereocenters. The van der Waals surface area contributed by atoms with E-state index in [1.807, 2.05) is 13.8 Å². The van der Waals surface area contributed by atoms with Crippen molar-refractivity contribution < 1.29 is 8.42 Å². The molecule has 2 aromatic rings. The summed E-state index contributed by atoms with van der Waals surface area (Å²) in [6, 6.07) is 5.07. The number of nitrogen functional groups attached to an aromatic ring is 1. The minimum absolute atomic E-state index is 0.0285. The molecule has 1 aromatic heterocycles. The number of rotatable bonds is 5. The summed E-state index contributed by atoms with van der Waals surface area (Å²) in [4.78, 5) is -0.0485. The van der Waals surface area contributed by atoms with Crippen LogP contribution in [0.25, 0.3) is 0 Å². The van der Waals surface area contributed by atoms with E-state index in [1.54, 1.807) is 18.2 Å². The van der Waals surface area contributed by atoms with Crippen LogP contribution in [0.2, 0.25) is 5.02 Å². The molecule has 1 heterocycles. The second-order valence-corrected chi connectivity index (χ2v) is 6.79. The Morgan fingerprint density at radius 3 is 2.76 bits per heavy atom. The molecule has 8 heteroatoms. The molecule has 0 fully saturated rings. The topological polar surface area (TPSA) is 90.0 Å². The summed E-state index contributed by atoms with van der Waals surface area (Å²) < 4.78 is 28.7. The van der Waals surface area contributed by atoms with Crippen molar-refractivity contribution in [2.24, 2.45) is 0 Å². The predicted octanol–water partition coefficient (Wildman–Crippen LogP) is 2.64. The Hall–Kier alpha value is -1.73. The Morgan fingerprint density at radius 1 is 1.43 bits per heavy atom. The van der Waals surface area contributed by atoms with E-state index in [-0.39, 0.29) is 10.7 Å². The van der Waals surface area contributed by atoms with E-state index in [9.17, 15) is 8.42 Å². The van der Waals surface area contributed by atoms with E-state index in [4.69, 9.17) is 17.3 Å². The van der Waals surface area contributed by atoms with Crippen LogP contribution < -0.4 is 10.5 Å². The Morgan fingerprint density at radius 2 is 2.14 bits per heavy atom. The molecule has 0 aliphatic carbocycles. The summed E-state index contributed by atoms with van der Waals surface area (Å²) in [5.74, 6) is -0.0285. The zero-order valence-electron chi connectivity index (χ0n) is 11.8. The number of hydrogen-bond acceptors (Lipinski definition) is 4. The molecule has 21 heavy (non-hydrogen) atoms. The molecule has 0 saturated heterocycles. The molecule has 0 spiro atoms. The van der Waals surface area contributed by atoms with Gasteiger partial charge in [0.15, 0.2) is 5.82 Å². The van der Waals surface area contributed by atoms with Gasteiger partial charge in [0.25, 0.3) is 10.0 Å². The fourth-order valence-corrected chi connectivity index (χ4v) is 3.36. The molecule has 0 saturated carbocycles. The quantitative estimate of drug-likeness (QED) is 0.882. The summed E-state index contributed by atoms with van der Waals surface area (Å²) in [7, 11) is -3.82. The van der Waals surface area contributed by atoms with Crippen molar-refractivity contribution in [3.63, 3.8) is 0 Å². The van der Waals surface area contributed by atoms with Gasteiger partial charge >= 0.3 is 0 Å². The molecule has 6 nitrogen and oxygen atoms in total. The Kier molecular flexibility index (Phi) is 4.43. The van der Waals surface area contributed by atoms with Gasteiger partial charge in [0.05, 0.1) is 10.7 Å². The summed E-state index contributed by atoms with van der Waals surface area (Å²) in [6.07, 6.45) is 2.25. The number of halogens is 1. The van der Waals surface area contributed by atoms with Gasteiger partial charge in [0.2, 0.25) is 0 Å². The number of sulfonamides is 1. The summed E-state index contributed by atoms with van der Waals surface area (Å²) in [5, 5.41) is 4.32. The van der Waals surface area contributed by atoms with Gasteiger partial charge in [-0.25, -0.2) is 8.42 Å². The highest BCUT2D eigenvalue weighted by atomic mass is 35.5. The van der Waals surface area contributed by atoms with Crippen LogP contribution in [0.4, 0.5) is 11.5 Å². The van der Waals surface area contributed by atoms with Gasteiger partial charge in [-0.3, -0.25) is 9.40 Å². The Labute approximate surface area is 129 Å². The lowest BCUT2D eigenvalue weighted by Gasteiger charge is -2.09. The number of nitrogens with two attached hydrogens (primary N) is 1. The van der Waals surface area contributed by atoms with Gasteiger partial charge < -0.3 is 5.73 Å². The molecule has 114 valence electrons. The second-order valence-electron chi connectivity index (χ2n) is 4.73. The van der Waals surface area contributed by atoms with E-state index in [2.05, 4.69) is 9.82 Å². The monoisotopic (exact) mass is 328 g/mol. The van der Waals surface area contributed by atoms with E-state index in [1.165, 1.54) is 10.9 Å². The number of benzene rings is 1. The maximum atomic E-state index is 12.4. The number of aryl methyl sites for hydroxylation is 2. The molecule has 2 rings (SSSR count). The van der Waals surface area contributed by atoms with Gasteiger partial charge in [0, 0.05) is 12.7 Å². The number of nitrogens with zero attached hydrogens (tertiary/aromatic N) is 2. The van der Waals surface area contributed by atoms with Gasteiger partial charge in [-0.15, -0.1) is 0 Å². The molecule has 0 amide bonds. The van der Waals surface area contributed by atoms with E-state index in [0.29, 0.717) is 17.3 Å². The molecule has 3 N–H and O–H groups in total. The SMILES string of the molecule is CCCn1cc(S(=O)(=O)Nc2ccc(C)cc2Cl)c(N)n1. The van der Waals surface area contributed by atoms with Crippen molar-refractivity contribution in [1.29, 1.82) is 0 Å². The maximum absolute atomic E-state index is 12.4. The Bertz CT molecular complexity index is 756. The largest absolute Gasteiger partial charge is 0.381 e. The number of hydrogen-bond donors (Lipinski definition) is 2. The maximum Gasteiger partial charge on any atom is 0.267 e. The first kappa shape index (κ1) is 15.7. The highest BCUT2D eigenvalue weighted by molar-refractivity contribution is 7.92. The average molecular weight is 329 g/mol. The van der Waals surface area contributed by atoms with Crippen LogP contribution in [0.15, 0.2) is 29.3 Å². The van der Waals surface area contributed by atoms with E-state index >= 15 is 0 Å². The van der Waals surface area contributed by atoms with Crippen molar-refractivity contribution in [3.8, 4) is 0 Å². The molecule has 0 unspecified atom stereocenters. The van der Waals surface area contributed by atoms with E-state index in [0.717, 1.165) is 12.0 Å². The first-order chi connectivity index (χ1) is 9.83. The zero-order chi connectivity index (χ0) is 15.6. The van der Waals surface area contributed by atoms with Crippen molar-refractivity contribution >= 4 is 33.1 Å². The first-order valence-corrected chi connectivity index (χ1v) is 8.31. The third kappa shape index (κ3) is 3.48. The van der Waals surface area contributed by atoms with Gasteiger partial charge in [-0.1, -0.05) is 24.6 Å². The molecule has 0 aliphatic rings. The third-order valence-electron chi connectivity index (χ3n) is 2.87. The molecule has 1 aromatic carbocycles. The lowest BCUT2D eigenvalue weighted by atomic mass is 10.2. The van der Waals surface area contributed by atoms with Gasteiger partial charge in [-0.2, -0.15) is 5.10 Å². The third-order valence-corrected chi connectivity index (χ3v) is 4.56. The lowest BCUT2D eigenvalue weighted by molar-refractivity contribution is 0.595. The first-order valence-electron chi connectivity index (χ1n) is 6.45. The van der Waals surface area contributed by atoms with Crippen LogP contribution in [-0.2, 0) is 16.6 Å². The van der Waals surface area contributed by atoms with Crippen LogP contribution in [0, 0.1) is 6.92 Å². The van der Waals surface area contributed by atoms with Crippen LogP contribution in [-0.4, -0.2) is 18.2 Å². The normalized spacial score (nSPS) is 11.6. The summed E-state index contributed by atoms with van der Waals surface area (Å²) >= 11 is 6.04. The lowest BCUT2D eigenvalue weighted by Crippen LogP contribution is -2.14. The number of anilines is 2. The van der Waals surface area contributed by atoms with Crippen molar-refractivity contribution in [3.05, 3.63) is 35.0 Å². The zero-order valence-corrected chi connectivity index (χ0v) is 13.4. The Balaban J connectivity index is 2.34. The molecular weight excluding hydrogens is 312 g/mol. The highest BCUT2D eigenvalue weighted by Crippen LogP contribution is 2.27. The fraction of sp³-hybridized carbons (Fsp3) is 0.308. The van der Waals surface area contributed by atoms with Gasteiger partial charge in [-0.05, 0) is 31.0 Å². The molecular formula is C13H17ClN4O2S. The molecule has 0 aliphatic heterocycles. The van der Waals surface area contributed by atoms with Crippen molar-refractivity contribution in [1.82, 2.24) is 9.78 Å². The van der Waals surface area contributed by atoms with Crippen molar-refractivity contribution in [2.45, 2.75) is 31.7 Å². The van der Waals surface area contributed by atoms with Crippen LogP contribution in [0.5, 0.6) is 0 Å². The minimum Gasteiger partial charge on any atom is -0.381 e. The summed E-state index contributed by atoms with van der Waals surface area (Å²) in [6.45, 7) is 4.44. The van der Waals surface area contributed by atoms with E-state index < -0.39 is 10.0 Å². The second kappa shape index (κ2) is 5.95. The average Bonchev–Trinajstić information content (AvgIpc) is 2.75. The minimum atomic E-state index is -3.82. The van der Waals surface area contributed by atoms with Crippen LogP contribution in [0.3, 0.4) is 0 Å². The van der Waals surface area contributed by atoms with Crippen molar-refractivity contribution in [2.75, 3.05) is 10.5 Å². The smallest absolute Gasteiger partial charge is 0.267 e. The fourth-order valence-electron chi connectivity index (χ4n) is 1.87. The molecule has 0 radical (unpaired) electrons.